The average molecular weight is 1050 g/mol. The third-order valence-corrected chi connectivity index (χ3v) is 12.1. The smallest absolute Gasteiger partial charge is 0.0354 e. The summed E-state index contributed by atoms with van der Waals surface area (Å²) in [6.07, 6.45) is 32.9. The van der Waals surface area contributed by atoms with Crippen LogP contribution in [0, 0.1) is 64.1 Å². The molecule has 0 atom stereocenters. The van der Waals surface area contributed by atoms with Gasteiger partial charge in [-0.3, -0.25) is 0 Å². The van der Waals surface area contributed by atoms with E-state index in [9.17, 15) is 0 Å². The maximum atomic E-state index is 2.39. The van der Waals surface area contributed by atoms with Crippen LogP contribution in [0.1, 0.15) is 389 Å². The molecule has 4 aliphatic carbocycles. The first-order valence-corrected chi connectivity index (χ1v) is 33.2. The molecule has 0 nitrogen and oxygen atoms in total. The molecule has 1 aromatic rings. The Balaban J connectivity index is -0.0000000755. The molecule has 0 spiro atoms. The van der Waals surface area contributed by atoms with E-state index in [0.717, 1.165) is 35.5 Å². The molecule has 5 rings (SSSR count). The van der Waals surface area contributed by atoms with Crippen molar-refractivity contribution in [2.24, 2.45) is 57.2 Å². The molecule has 0 radical (unpaired) electrons. The number of hydrogen-bond donors (Lipinski definition) is 0. The molecule has 4 saturated carbocycles. The molecule has 74 heavy (non-hydrogen) atoms. The summed E-state index contributed by atoms with van der Waals surface area (Å²) in [5.41, 5.74) is 3.56. The first-order valence-electron chi connectivity index (χ1n) is 33.2. The van der Waals surface area contributed by atoms with Crippen molar-refractivity contribution in [1.82, 2.24) is 0 Å². The van der Waals surface area contributed by atoms with Crippen LogP contribution in [-0.4, -0.2) is 0 Å². The Morgan fingerprint density at radius 1 is 0.446 bits per heavy atom. The predicted octanol–water partition coefficient (Wildman–Crippen LogP) is 29.2. The van der Waals surface area contributed by atoms with Gasteiger partial charge in [-0.05, 0) is 76.9 Å². The Morgan fingerprint density at radius 3 is 0.784 bits per heavy atom. The van der Waals surface area contributed by atoms with Crippen molar-refractivity contribution in [1.29, 1.82) is 0 Å². The monoisotopic (exact) mass is 1050 g/mol. The Kier molecular flexibility index (Phi) is 90.7. The summed E-state index contributed by atoms with van der Waals surface area (Å²) in [6.45, 7) is 76.5. The fourth-order valence-electron chi connectivity index (χ4n) is 5.93. The van der Waals surface area contributed by atoms with Crippen LogP contribution in [0.15, 0.2) is 30.3 Å². The zero-order valence-electron chi connectivity index (χ0n) is 60.1. The summed E-state index contributed by atoms with van der Waals surface area (Å²) < 4.78 is 0. The molecule has 4 fully saturated rings. The maximum absolute atomic E-state index is 2.39. The second kappa shape index (κ2) is 70.2. The van der Waals surface area contributed by atoms with Gasteiger partial charge in [-0.25, -0.2) is 0 Å². The second-order valence-corrected chi connectivity index (χ2v) is 27.5. The fraction of sp³-hybridized carbons (Fsp3) is 0.919. The summed E-state index contributed by atoms with van der Waals surface area (Å²) in [5, 5.41) is 0. The fourth-order valence-corrected chi connectivity index (χ4v) is 5.93. The average Bonchev–Trinajstić information content (AvgIpc) is 4.05. The number of benzene rings is 1. The Hall–Kier alpha value is -0.780. The van der Waals surface area contributed by atoms with Gasteiger partial charge in [0.25, 0.3) is 0 Å². The van der Waals surface area contributed by atoms with Crippen molar-refractivity contribution >= 4 is 0 Å². The molecule has 1 aromatic carbocycles. The lowest BCUT2D eigenvalue weighted by Crippen LogP contribution is -2.19. The van der Waals surface area contributed by atoms with E-state index in [4.69, 9.17) is 0 Å². The maximum Gasteiger partial charge on any atom is -0.0354 e. The molecular weight excluding hydrogens is 889 g/mol. The highest BCUT2D eigenvalue weighted by Crippen LogP contribution is 2.37. The molecule has 0 saturated heterocycles. The van der Waals surface area contributed by atoms with Crippen molar-refractivity contribution in [3.05, 3.63) is 35.9 Å². The van der Waals surface area contributed by atoms with Crippen molar-refractivity contribution in [2.45, 2.75) is 390 Å². The van der Waals surface area contributed by atoms with Crippen LogP contribution in [0.3, 0.4) is 0 Å². The normalized spacial score (nSPS) is 15.6. The minimum absolute atomic E-state index is 0.500. The predicted molar refractivity (Wildman–Crippen MR) is 361 cm³/mol. The van der Waals surface area contributed by atoms with E-state index in [1.54, 1.807) is 0 Å². The van der Waals surface area contributed by atoms with Gasteiger partial charge in [0, 0.05) is 0 Å². The van der Waals surface area contributed by atoms with Crippen LogP contribution in [0.2, 0.25) is 0 Å². The van der Waals surface area contributed by atoms with Crippen LogP contribution in [0.25, 0.3) is 0 Å². The standard InChI is InChI=1S/C9H18.C7H14.C7H8.C7H14.C6H12.2C6H14.2C5H12.C4H10.2C3H8.3C2H6/c1-8-4-6-9(2,3)7-5-8;2*1-7-5-3-2-4-6-7;1-2-7-5-3-4-6-7;1-6-4-2-3-5-6;2*1-5-6(2,3)4;1-5(2,3)4;1-4-5(2)3;1-4(2)3;2*1-3-2;3*1-2/h8H,4-7H2,1-3H3;7H,2-6H2,1H3;2-6H,1H3;7H,2-6H2,1H3;6H,2-5H2,1H3;2*5H2,1-4H3;1-4H3;5H,4H2,1-3H3;4H,1-3H3;2*3H2,1-2H3;3*1-2H3. The van der Waals surface area contributed by atoms with Gasteiger partial charge in [-0.1, -0.05) is 406 Å². The second-order valence-electron chi connectivity index (χ2n) is 27.5. The van der Waals surface area contributed by atoms with E-state index in [-0.39, 0.29) is 0 Å². The van der Waals surface area contributed by atoms with Gasteiger partial charge < -0.3 is 0 Å². The molecule has 0 bridgehead atoms. The number of aryl methyl sites for hydroxylation is 1. The molecule has 0 heteroatoms. The summed E-state index contributed by atoms with van der Waals surface area (Å²) in [5.74, 6) is 5.90. The van der Waals surface area contributed by atoms with Gasteiger partial charge in [0.2, 0.25) is 0 Å². The van der Waals surface area contributed by atoms with Crippen molar-refractivity contribution in [3.63, 3.8) is 0 Å². The third-order valence-electron chi connectivity index (χ3n) is 12.1. The zero-order valence-corrected chi connectivity index (χ0v) is 60.1. The summed E-state index contributed by atoms with van der Waals surface area (Å²) >= 11 is 0. The van der Waals surface area contributed by atoms with Crippen LogP contribution in [-0.2, 0) is 0 Å². The van der Waals surface area contributed by atoms with E-state index < -0.39 is 0 Å². The van der Waals surface area contributed by atoms with Crippen LogP contribution in [0.4, 0.5) is 0 Å². The van der Waals surface area contributed by atoms with E-state index in [0.29, 0.717) is 21.7 Å². The summed E-state index contributed by atoms with van der Waals surface area (Å²) in [6, 6.07) is 10.3. The van der Waals surface area contributed by atoms with E-state index in [1.165, 1.54) is 153 Å². The number of rotatable bonds is 2. The Bertz CT molecular complexity index is 952. The van der Waals surface area contributed by atoms with Crippen molar-refractivity contribution in [3.8, 4) is 0 Å². The quantitative estimate of drug-likeness (QED) is 0.277. The first-order chi connectivity index (χ1) is 34.2. The highest BCUT2D eigenvalue weighted by Gasteiger charge is 2.24. The third kappa shape index (κ3) is 134. The largest absolute Gasteiger partial charge is 0.0683 e. The minimum Gasteiger partial charge on any atom is -0.0683 e. The lowest BCUT2D eigenvalue weighted by molar-refractivity contribution is 0.201. The molecule has 0 N–H and O–H groups in total. The van der Waals surface area contributed by atoms with Gasteiger partial charge in [0.15, 0.2) is 0 Å². The molecular formula is C74H162. The van der Waals surface area contributed by atoms with Crippen LogP contribution in [0.5, 0.6) is 0 Å². The number of hydrogen-bond acceptors (Lipinski definition) is 0. The summed E-state index contributed by atoms with van der Waals surface area (Å²) in [7, 11) is 0. The Morgan fingerprint density at radius 2 is 0.662 bits per heavy atom. The lowest BCUT2D eigenvalue weighted by atomic mass is 9.74. The van der Waals surface area contributed by atoms with Gasteiger partial charge in [0.1, 0.15) is 0 Å². The van der Waals surface area contributed by atoms with E-state index in [1.807, 2.05) is 59.7 Å². The van der Waals surface area contributed by atoms with Crippen molar-refractivity contribution in [2.75, 3.05) is 0 Å². The SMILES string of the molecule is CC.CC.CC.CC(C)(C)C.CC(C)C.CC1CCC(C)(C)CC1.CC1CCCC1.CC1CCCCC1.CCC.CCC.CCC(C)(C)C.CCC(C)(C)C.CCC(C)C.CCC1CCCC1.Cc1ccccc1. The van der Waals surface area contributed by atoms with Gasteiger partial charge in [-0.2, -0.15) is 0 Å². The van der Waals surface area contributed by atoms with Crippen LogP contribution < -0.4 is 0 Å². The first kappa shape index (κ1) is 95.6. The molecule has 0 aliphatic heterocycles. The van der Waals surface area contributed by atoms with Gasteiger partial charge in [0.05, 0.1) is 0 Å². The molecule has 0 aromatic heterocycles. The highest BCUT2D eigenvalue weighted by molar-refractivity contribution is 5.11. The minimum atomic E-state index is 0.500. The lowest BCUT2D eigenvalue weighted by Gasteiger charge is -2.32. The molecule has 458 valence electrons. The highest BCUT2D eigenvalue weighted by atomic mass is 14.3. The summed E-state index contributed by atoms with van der Waals surface area (Å²) in [4.78, 5) is 0. The van der Waals surface area contributed by atoms with Gasteiger partial charge in [-0.15, -0.1) is 0 Å². The molecule has 4 aliphatic rings. The topological polar surface area (TPSA) is 0 Å². The van der Waals surface area contributed by atoms with Crippen molar-refractivity contribution < 1.29 is 0 Å². The Labute approximate surface area is 480 Å². The zero-order chi connectivity index (χ0) is 60.8. The molecule has 0 heterocycles. The van der Waals surface area contributed by atoms with Crippen LogP contribution >= 0.6 is 0 Å². The molecule has 0 amide bonds. The van der Waals surface area contributed by atoms with Gasteiger partial charge >= 0.3 is 0 Å². The van der Waals surface area contributed by atoms with E-state index in [2.05, 4.69) is 213 Å². The molecule has 0 unspecified atom stereocenters. The van der Waals surface area contributed by atoms with E-state index >= 15 is 0 Å².